The van der Waals surface area contributed by atoms with Crippen molar-refractivity contribution in [2.75, 3.05) is 20.2 Å². The van der Waals surface area contributed by atoms with E-state index in [9.17, 15) is 14.7 Å². The van der Waals surface area contributed by atoms with Crippen LogP contribution in [0.3, 0.4) is 0 Å². The van der Waals surface area contributed by atoms with Crippen LogP contribution in [0.25, 0.3) is 0 Å². The van der Waals surface area contributed by atoms with Crippen LogP contribution in [0.2, 0.25) is 0 Å². The molecule has 0 spiro atoms. The van der Waals surface area contributed by atoms with E-state index in [-0.39, 0.29) is 17.9 Å². The fourth-order valence-corrected chi connectivity index (χ4v) is 6.77. The Labute approximate surface area is 242 Å². The van der Waals surface area contributed by atoms with Crippen molar-refractivity contribution >= 4 is 29.2 Å². The SMILES string of the molecule is CCC1CC(C(=O)O)(C2CCCCC2)CCN1C(=O)[C@@H](Cc1ccc(OC)cc1)NC(=S)NCCc1cnc[nH]1. The number of aromatic nitrogens is 2. The number of carboxylic acids is 1. The molecule has 1 saturated carbocycles. The molecule has 10 heteroatoms. The number of imidazole rings is 1. The van der Waals surface area contributed by atoms with Gasteiger partial charge in [-0.15, -0.1) is 0 Å². The minimum atomic E-state index is -0.750. The number of carboxylic acid groups (broad SMARTS) is 1. The van der Waals surface area contributed by atoms with Crippen LogP contribution in [-0.2, 0) is 22.4 Å². The van der Waals surface area contributed by atoms with Crippen molar-refractivity contribution in [3.05, 3.63) is 48.0 Å². The molecule has 1 aliphatic carbocycles. The normalized spacial score (nSPS) is 22.4. The van der Waals surface area contributed by atoms with Gasteiger partial charge in [-0.05, 0) is 67.9 Å². The van der Waals surface area contributed by atoms with E-state index >= 15 is 0 Å². The number of aliphatic carboxylic acids is 1. The second-order valence-corrected chi connectivity index (χ2v) is 11.6. The van der Waals surface area contributed by atoms with E-state index in [1.165, 1.54) is 6.42 Å². The third kappa shape index (κ3) is 7.13. The van der Waals surface area contributed by atoms with Crippen molar-refractivity contribution in [3.63, 3.8) is 0 Å². The van der Waals surface area contributed by atoms with Crippen molar-refractivity contribution in [1.82, 2.24) is 25.5 Å². The first-order valence-electron chi connectivity index (χ1n) is 14.5. The number of benzene rings is 1. The van der Waals surface area contributed by atoms with Gasteiger partial charge in [-0.1, -0.05) is 38.3 Å². The number of hydrogen-bond donors (Lipinski definition) is 4. The van der Waals surface area contributed by atoms with Gasteiger partial charge < -0.3 is 30.4 Å². The summed E-state index contributed by atoms with van der Waals surface area (Å²) in [7, 11) is 1.63. The predicted octanol–water partition coefficient (Wildman–Crippen LogP) is 4.09. The first-order chi connectivity index (χ1) is 19.4. The van der Waals surface area contributed by atoms with Crippen molar-refractivity contribution in [3.8, 4) is 5.75 Å². The molecule has 1 aliphatic heterocycles. The number of likely N-dealkylation sites (tertiary alicyclic amines) is 1. The topological polar surface area (TPSA) is 120 Å². The third-order valence-electron chi connectivity index (χ3n) is 8.84. The average Bonchev–Trinajstić information content (AvgIpc) is 3.50. The largest absolute Gasteiger partial charge is 0.497 e. The highest BCUT2D eigenvalue weighted by Crippen LogP contribution is 2.48. The number of aromatic amines is 1. The smallest absolute Gasteiger partial charge is 0.310 e. The number of hydrogen-bond acceptors (Lipinski definition) is 5. The van der Waals surface area contributed by atoms with E-state index in [0.717, 1.165) is 55.5 Å². The van der Waals surface area contributed by atoms with Crippen LogP contribution >= 0.6 is 12.2 Å². The standard InChI is InChI=1S/C30H43N5O4S/c1-3-24-18-30(28(37)38,22-7-5-4-6-8-22)14-16-35(24)27(36)26(17-21-9-11-25(39-2)12-10-21)34-29(40)32-15-13-23-19-31-20-33-23/h9-12,19-20,22,24,26H,3-8,13-18H2,1-2H3,(H,31,33)(H,37,38)(H2,32,34,40)/t24?,26-,30?/m1/s1. The summed E-state index contributed by atoms with van der Waals surface area (Å²) in [6.07, 6.45) is 11.6. The molecular weight excluding hydrogens is 526 g/mol. The van der Waals surface area contributed by atoms with Crippen LogP contribution in [0.15, 0.2) is 36.8 Å². The number of methoxy groups -OCH3 is 1. The minimum Gasteiger partial charge on any atom is -0.497 e. The first-order valence-corrected chi connectivity index (χ1v) is 15.0. The molecule has 1 aromatic heterocycles. The molecule has 1 aromatic carbocycles. The molecule has 1 amide bonds. The lowest BCUT2D eigenvalue weighted by atomic mass is 9.62. The summed E-state index contributed by atoms with van der Waals surface area (Å²) >= 11 is 5.60. The molecule has 2 heterocycles. The number of carbonyl (C=O) groups excluding carboxylic acids is 1. The number of rotatable bonds is 11. The molecule has 218 valence electrons. The molecule has 3 atom stereocenters. The van der Waals surface area contributed by atoms with Crippen LogP contribution in [-0.4, -0.2) is 69.2 Å². The number of amides is 1. The molecule has 2 unspecified atom stereocenters. The average molecular weight is 570 g/mol. The van der Waals surface area contributed by atoms with Gasteiger partial charge in [0.05, 0.1) is 18.9 Å². The van der Waals surface area contributed by atoms with E-state index in [2.05, 4.69) is 27.5 Å². The van der Waals surface area contributed by atoms with Crippen molar-refractivity contribution in [1.29, 1.82) is 0 Å². The van der Waals surface area contributed by atoms with Gasteiger partial charge in [0, 0.05) is 43.9 Å². The van der Waals surface area contributed by atoms with E-state index in [1.807, 2.05) is 29.2 Å². The van der Waals surface area contributed by atoms with E-state index < -0.39 is 17.4 Å². The molecule has 40 heavy (non-hydrogen) atoms. The van der Waals surface area contributed by atoms with Gasteiger partial charge in [0.15, 0.2) is 5.11 Å². The van der Waals surface area contributed by atoms with Crippen LogP contribution in [0, 0.1) is 11.3 Å². The van der Waals surface area contributed by atoms with Gasteiger partial charge in [-0.3, -0.25) is 9.59 Å². The van der Waals surface area contributed by atoms with Gasteiger partial charge in [0.25, 0.3) is 0 Å². The van der Waals surface area contributed by atoms with Crippen molar-refractivity contribution in [2.24, 2.45) is 11.3 Å². The number of thiocarbonyl (C=S) groups is 1. The summed E-state index contributed by atoms with van der Waals surface area (Å²) in [5.74, 6) is 0.207. The Bertz CT molecular complexity index is 1120. The summed E-state index contributed by atoms with van der Waals surface area (Å²) in [5.41, 5.74) is 1.24. The second-order valence-electron chi connectivity index (χ2n) is 11.2. The maximum absolute atomic E-state index is 14.1. The van der Waals surface area contributed by atoms with E-state index in [0.29, 0.717) is 37.5 Å². The fourth-order valence-electron chi connectivity index (χ4n) is 6.52. The Morgan fingerprint density at radius 3 is 2.62 bits per heavy atom. The van der Waals surface area contributed by atoms with Gasteiger partial charge in [0.1, 0.15) is 11.8 Å². The number of nitrogens with one attached hydrogen (secondary N) is 3. The Hall–Kier alpha value is -3.14. The highest BCUT2D eigenvalue weighted by molar-refractivity contribution is 7.80. The maximum atomic E-state index is 14.1. The van der Waals surface area contributed by atoms with Gasteiger partial charge in [-0.25, -0.2) is 4.98 Å². The summed E-state index contributed by atoms with van der Waals surface area (Å²) in [6, 6.07) is 6.99. The number of piperidine rings is 1. The Morgan fingerprint density at radius 1 is 1.25 bits per heavy atom. The first kappa shape index (κ1) is 29.8. The zero-order valence-corrected chi connectivity index (χ0v) is 24.5. The monoisotopic (exact) mass is 569 g/mol. The fraction of sp³-hybridized carbons (Fsp3) is 0.600. The van der Waals surface area contributed by atoms with Crippen molar-refractivity contribution < 1.29 is 19.4 Å². The molecule has 0 bridgehead atoms. The van der Waals surface area contributed by atoms with Crippen LogP contribution in [0.5, 0.6) is 5.75 Å². The summed E-state index contributed by atoms with van der Waals surface area (Å²) < 4.78 is 5.30. The molecular formula is C30H43N5O4S. The van der Waals surface area contributed by atoms with E-state index in [4.69, 9.17) is 17.0 Å². The van der Waals surface area contributed by atoms with E-state index in [1.54, 1.807) is 19.6 Å². The lowest BCUT2D eigenvalue weighted by Gasteiger charge is -2.49. The number of carbonyl (C=O) groups is 2. The summed E-state index contributed by atoms with van der Waals surface area (Å²) in [6.45, 7) is 3.10. The minimum absolute atomic E-state index is 0.0389. The Kier molecular flexibility index (Phi) is 10.4. The molecule has 4 N–H and O–H groups in total. The highest BCUT2D eigenvalue weighted by Gasteiger charge is 2.51. The maximum Gasteiger partial charge on any atom is 0.310 e. The summed E-state index contributed by atoms with van der Waals surface area (Å²) in [5, 5.41) is 17.3. The molecule has 2 fully saturated rings. The number of H-pyrrole nitrogens is 1. The van der Waals surface area contributed by atoms with Gasteiger partial charge in [-0.2, -0.15) is 0 Å². The number of nitrogens with zero attached hydrogens (tertiary/aromatic N) is 2. The van der Waals surface area contributed by atoms with Gasteiger partial charge in [0.2, 0.25) is 5.91 Å². The Balaban J connectivity index is 1.48. The quantitative estimate of drug-likeness (QED) is 0.299. The zero-order chi connectivity index (χ0) is 28.5. The van der Waals surface area contributed by atoms with Crippen LogP contribution in [0.4, 0.5) is 0 Å². The highest BCUT2D eigenvalue weighted by atomic mass is 32.1. The third-order valence-corrected chi connectivity index (χ3v) is 9.11. The number of ether oxygens (including phenoxy) is 1. The lowest BCUT2D eigenvalue weighted by molar-refractivity contribution is -0.163. The van der Waals surface area contributed by atoms with Crippen LogP contribution < -0.4 is 15.4 Å². The summed E-state index contributed by atoms with van der Waals surface area (Å²) in [4.78, 5) is 35.9. The van der Waals surface area contributed by atoms with Crippen molar-refractivity contribution in [2.45, 2.75) is 83.2 Å². The molecule has 9 nitrogen and oxygen atoms in total. The van der Waals surface area contributed by atoms with Gasteiger partial charge >= 0.3 is 5.97 Å². The molecule has 0 radical (unpaired) electrons. The molecule has 2 aliphatic rings. The second kappa shape index (κ2) is 14.0. The lowest BCUT2D eigenvalue weighted by Crippen LogP contribution is -2.59. The molecule has 1 saturated heterocycles. The Morgan fingerprint density at radius 2 is 2.00 bits per heavy atom. The molecule has 2 aromatic rings. The molecule has 4 rings (SSSR count). The predicted molar refractivity (Wildman–Crippen MR) is 158 cm³/mol. The zero-order valence-electron chi connectivity index (χ0n) is 23.7. The van der Waals surface area contributed by atoms with Crippen LogP contribution in [0.1, 0.15) is 69.5 Å².